The first-order valence-electron chi connectivity index (χ1n) is 3.95. The second kappa shape index (κ2) is 1.94. The highest BCUT2D eigenvalue weighted by Crippen LogP contribution is 2.32. The minimum atomic E-state index is -0.306. The van der Waals surface area contributed by atoms with Crippen LogP contribution < -0.4 is 0 Å². The van der Waals surface area contributed by atoms with Gasteiger partial charge in [-0.3, -0.25) is 0 Å². The van der Waals surface area contributed by atoms with Crippen molar-refractivity contribution in [3.05, 3.63) is 5.21 Å². The summed E-state index contributed by atoms with van der Waals surface area (Å²) < 4.78 is -0.127. The smallest absolute Gasteiger partial charge is 0.106 e. The number of aliphatic hydroxyl groups excluding tert-OH is 1. The van der Waals surface area contributed by atoms with Crippen molar-refractivity contribution in [1.29, 1.82) is 0 Å². The van der Waals surface area contributed by atoms with Gasteiger partial charge in [-0.2, -0.15) is 0 Å². The lowest BCUT2D eigenvalue weighted by Gasteiger charge is -2.54. The van der Waals surface area contributed by atoms with E-state index in [1.54, 1.807) is 0 Å². The maximum Gasteiger partial charge on any atom is 0.106 e. The monoisotopic (exact) mass is 143 g/mol. The molecule has 1 atom stereocenters. The molecule has 1 N–H and O–H groups in total. The molecule has 0 unspecified atom stereocenters. The zero-order valence-electron chi connectivity index (χ0n) is 5.99. The largest absolute Gasteiger partial charge is 0.633 e. The van der Waals surface area contributed by atoms with Gasteiger partial charge in [0.05, 0.1) is 13.1 Å². The van der Waals surface area contributed by atoms with Crippen molar-refractivity contribution in [3.8, 4) is 0 Å². The average Bonchev–Trinajstić information content (AvgIpc) is 1.87. The summed E-state index contributed by atoms with van der Waals surface area (Å²) in [5, 5.41) is 20.9. The summed E-state index contributed by atoms with van der Waals surface area (Å²) >= 11 is 0. The first-order chi connectivity index (χ1) is 4.70. The first-order valence-corrected chi connectivity index (χ1v) is 3.95. The summed E-state index contributed by atoms with van der Waals surface area (Å²) in [7, 11) is 0. The Balaban J connectivity index is 2.14. The Morgan fingerprint density at radius 3 is 2.20 bits per heavy atom. The van der Waals surface area contributed by atoms with Crippen LogP contribution >= 0.6 is 0 Å². The summed E-state index contributed by atoms with van der Waals surface area (Å²) in [4.78, 5) is 0. The third-order valence-electron chi connectivity index (χ3n) is 2.88. The van der Waals surface area contributed by atoms with Gasteiger partial charge in [-0.1, -0.05) is 0 Å². The van der Waals surface area contributed by atoms with E-state index < -0.39 is 0 Å². The van der Waals surface area contributed by atoms with Crippen LogP contribution in [0.4, 0.5) is 0 Å². The molecule has 2 bridgehead atoms. The molecule has 0 amide bonds. The van der Waals surface area contributed by atoms with Gasteiger partial charge in [0.15, 0.2) is 0 Å². The minimum absolute atomic E-state index is 0.127. The van der Waals surface area contributed by atoms with E-state index in [0.717, 1.165) is 25.9 Å². The molecule has 0 saturated carbocycles. The highest BCUT2D eigenvalue weighted by molar-refractivity contribution is 4.79. The van der Waals surface area contributed by atoms with Crippen molar-refractivity contribution in [2.75, 3.05) is 19.6 Å². The van der Waals surface area contributed by atoms with Crippen molar-refractivity contribution < 1.29 is 9.75 Å². The lowest BCUT2D eigenvalue weighted by Crippen LogP contribution is -2.60. The van der Waals surface area contributed by atoms with Crippen molar-refractivity contribution >= 4 is 0 Å². The predicted octanol–water partition coefficient (Wildman–Crippen LogP) is 0.0855. The van der Waals surface area contributed by atoms with Crippen LogP contribution in [-0.4, -0.2) is 35.5 Å². The first kappa shape index (κ1) is 6.58. The molecule has 3 saturated heterocycles. The molecule has 0 aromatic rings. The van der Waals surface area contributed by atoms with Crippen LogP contribution in [0.25, 0.3) is 0 Å². The molecule has 10 heavy (non-hydrogen) atoms. The molecule has 0 spiro atoms. The summed E-state index contributed by atoms with van der Waals surface area (Å²) in [6, 6.07) is 0. The second-order valence-electron chi connectivity index (χ2n) is 3.59. The SMILES string of the molecule is [O-][N+]12CCC(CC1)[C@@H](O)C2. The molecule has 3 nitrogen and oxygen atoms in total. The molecule has 0 aromatic heterocycles. The molecule has 0 aromatic carbocycles. The number of hydroxylamine groups is 3. The van der Waals surface area contributed by atoms with Gasteiger partial charge in [-0.25, -0.2) is 0 Å². The van der Waals surface area contributed by atoms with Gasteiger partial charge >= 0.3 is 0 Å². The molecule has 0 aliphatic carbocycles. The lowest BCUT2D eigenvalue weighted by atomic mass is 9.85. The second-order valence-corrected chi connectivity index (χ2v) is 3.59. The van der Waals surface area contributed by atoms with Crippen LogP contribution in [0, 0.1) is 11.1 Å². The number of aliphatic hydroxyl groups is 1. The number of fused-ring (bicyclic) bond motifs is 3. The molecule has 3 aliphatic rings. The van der Waals surface area contributed by atoms with Gasteiger partial charge in [-0.15, -0.1) is 0 Å². The number of hydrogen-bond donors (Lipinski definition) is 1. The third kappa shape index (κ3) is 0.856. The molecular formula is C7H13NO2. The maximum absolute atomic E-state index is 11.5. The molecule has 3 rings (SSSR count). The number of piperidine rings is 3. The molecular weight excluding hydrogens is 130 g/mol. The van der Waals surface area contributed by atoms with Gasteiger partial charge in [-0.05, 0) is 0 Å². The van der Waals surface area contributed by atoms with E-state index in [1.165, 1.54) is 0 Å². The number of quaternary nitrogens is 1. The van der Waals surface area contributed by atoms with E-state index in [0.29, 0.717) is 12.5 Å². The van der Waals surface area contributed by atoms with Crippen LogP contribution in [0.5, 0.6) is 0 Å². The van der Waals surface area contributed by atoms with E-state index in [1.807, 2.05) is 0 Å². The predicted molar refractivity (Wildman–Crippen MR) is 37.0 cm³/mol. The standard InChI is InChI=1S/C7H13NO2/c9-7-5-8(10)3-1-6(7)2-4-8/h6-7,9H,1-5H2/t6?,7-,8?/m0/s1. The molecule has 3 heteroatoms. The van der Waals surface area contributed by atoms with Gasteiger partial charge in [0, 0.05) is 18.8 Å². The Morgan fingerprint density at radius 1 is 1.30 bits per heavy atom. The minimum Gasteiger partial charge on any atom is -0.633 e. The van der Waals surface area contributed by atoms with Crippen LogP contribution in [0.1, 0.15) is 12.8 Å². The molecule has 3 fully saturated rings. The molecule has 3 heterocycles. The maximum atomic E-state index is 11.5. The van der Waals surface area contributed by atoms with Gasteiger partial charge in [0.25, 0.3) is 0 Å². The van der Waals surface area contributed by atoms with E-state index >= 15 is 0 Å². The normalized spacial score (nSPS) is 53.4. The average molecular weight is 143 g/mol. The van der Waals surface area contributed by atoms with Gasteiger partial charge in [0.1, 0.15) is 12.6 Å². The number of hydrogen-bond acceptors (Lipinski definition) is 2. The summed E-state index contributed by atoms with van der Waals surface area (Å²) in [6.07, 6.45) is 1.56. The Labute approximate surface area is 60.4 Å². The van der Waals surface area contributed by atoms with E-state index in [4.69, 9.17) is 0 Å². The number of nitrogens with zero attached hydrogens (tertiary/aromatic N) is 1. The zero-order valence-corrected chi connectivity index (χ0v) is 5.99. The zero-order chi connectivity index (χ0) is 7.19. The quantitative estimate of drug-likeness (QED) is 0.385. The Bertz CT molecular complexity index is 141. The van der Waals surface area contributed by atoms with Crippen molar-refractivity contribution in [3.63, 3.8) is 0 Å². The molecule has 3 aliphatic heterocycles. The fourth-order valence-corrected chi connectivity index (χ4v) is 2.12. The lowest BCUT2D eigenvalue weighted by molar-refractivity contribution is -0.901. The third-order valence-corrected chi connectivity index (χ3v) is 2.88. The highest BCUT2D eigenvalue weighted by atomic mass is 16.5. The van der Waals surface area contributed by atoms with E-state index in [9.17, 15) is 10.3 Å². The van der Waals surface area contributed by atoms with Crippen LogP contribution in [0.15, 0.2) is 0 Å². The van der Waals surface area contributed by atoms with Crippen LogP contribution in [0.2, 0.25) is 0 Å². The van der Waals surface area contributed by atoms with E-state index in [-0.39, 0.29) is 10.8 Å². The fraction of sp³-hybridized carbons (Fsp3) is 1.00. The number of rotatable bonds is 0. The van der Waals surface area contributed by atoms with Gasteiger partial charge in [0.2, 0.25) is 0 Å². The molecule has 58 valence electrons. The van der Waals surface area contributed by atoms with E-state index in [2.05, 4.69) is 0 Å². The van der Waals surface area contributed by atoms with Crippen LogP contribution in [0.3, 0.4) is 0 Å². The van der Waals surface area contributed by atoms with Crippen molar-refractivity contribution in [2.24, 2.45) is 5.92 Å². The summed E-state index contributed by atoms with van der Waals surface area (Å²) in [5.41, 5.74) is 0. The van der Waals surface area contributed by atoms with Crippen molar-refractivity contribution in [2.45, 2.75) is 18.9 Å². The van der Waals surface area contributed by atoms with Gasteiger partial charge < -0.3 is 15.0 Å². The molecule has 0 radical (unpaired) electrons. The Kier molecular flexibility index (Phi) is 1.27. The Hall–Kier alpha value is -0.120. The fourth-order valence-electron chi connectivity index (χ4n) is 2.12. The van der Waals surface area contributed by atoms with Crippen LogP contribution in [-0.2, 0) is 0 Å². The Morgan fingerprint density at radius 2 is 1.90 bits per heavy atom. The summed E-state index contributed by atoms with van der Waals surface area (Å²) in [6.45, 7) is 1.92. The topological polar surface area (TPSA) is 43.3 Å². The van der Waals surface area contributed by atoms with Crippen molar-refractivity contribution in [1.82, 2.24) is 0 Å². The highest BCUT2D eigenvalue weighted by Gasteiger charge is 2.39. The summed E-state index contributed by atoms with van der Waals surface area (Å²) in [5.74, 6) is 0.439.